The molecule has 0 bridgehead atoms. The fourth-order valence-corrected chi connectivity index (χ4v) is 2.49. The molecule has 100 valence electrons. The quantitative estimate of drug-likeness (QED) is 0.918. The lowest BCUT2D eigenvalue weighted by atomic mass is 9.96. The maximum atomic E-state index is 5.40. The maximum absolute atomic E-state index is 5.40. The third-order valence-electron chi connectivity index (χ3n) is 3.45. The Labute approximate surface area is 113 Å². The van der Waals surface area contributed by atoms with E-state index in [0.29, 0.717) is 11.8 Å². The first-order valence-corrected chi connectivity index (χ1v) is 6.85. The number of benzene rings is 1. The third-order valence-corrected chi connectivity index (χ3v) is 3.45. The molecule has 0 radical (unpaired) electrons. The Morgan fingerprint density at radius 1 is 1.32 bits per heavy atom. The van der Waals surface area contributed by atoms with Crippen molar-refractivity contribution in [1.29, 1.82) is 0 Å². The van der Waals surface area contributed by atoms with E-state index >= 15 is 0 Å². The van der Waals surface area contributed by atoms with Crippen molar-refractivity contribution >= 4 is 0 Å². The van der Waals surface area contributed by atoms with Gasteiger partial charge in [0.2, 0.25) is 5.89 Å². The van der Waals surface area contributed by atoms with Gasteiger partial charge in [0.15, 0.2) is 5.82 Å². The van der Waals surface area contributed by atoms with Crippen LogP contribution >= 0.6 is 0 Å². The Morgan fingerprint density at radius 3 is 2.89 bits per heavy atom. The van der Waals surface area contributed by atoms with Crippen LogP contribution < -0.4 is 5.32 Å². The van der Waals surface area contributed by atoms with E-state index in [4.69, 9.17) is 4.52 Å². The average molecular weight is 257 g/mol. The first-order valence-electron chi connectivity index (χ1n) is 6.85. The molecule has 1 atom stereocenters. The summed E-state index contributed by atoms with van der Waals surface area (Å²) in [6.07, 6.45) is 1.78. The Balaban J connectivity index is 1.76. The minimum atomic E-state index is 0.142. The molecule has 1 aliphatic heterocycles. The second kappa shape index (κ2) is 5.13. The van der Waals surface area contributed by atoms with Gasteiger partial charge in [-0.25, -0.2) is 0 Å². The average Bonchev–Trinajstić information content (AvgIpc) is 2.86. The first-order chi connectivity index (χ1) is 9.22. The van der Waals surface area contributed by atoms with E-state index in [1.54, 1.807) is 0 Å². The molecule has 1 N–H and O–H groups in total. The lowest BCUT2D eigenvalue weighted by Gasteiger charge is -2.23. The Hall–Kier alpha value is -1.68. The van der Waals surface area contributed by atoms with Crippen molar-refractivity contribution in [3.05, 3.63) is 47.1 Å². The molecule has 0 aliphatic carbocycles. The van der Waals surface area contributed by atoms with Crippen LogP contribution in [0.25, 0.3) is 0 Å². The van der Waals surface area contributed by atoms with Crippen LogP contribution in [0.15, 0.2) is 28.8 Å². The highest BCUT2D eigenvalue weighted by molar-refractivity contribution is 5.30. The molecule has 1 aliphatic rings. The molecule has 2 aromatic rings. The van der Waals surface area contributed by atoms with Crippen molar-refractivity contribution in [3.63, 3.8) is 0 Å². The Morgan fingerprint density at radius 2 is 2.11 bits per heavy atom. The highest BCUT2D eigenvalue weighted by atomic mass is 16.5. The summed E-state index contributed by atoms with van der Waals surface area (Å²) in [5.74, 6) is 2.07. The van der Waals surface area contributed by atoms with Gasteiger partial charge < -0.3 is 9.84 Å². The standard InChI is InChI=1S/C15H19N3O/c1-10(2)7-14-17-15(19-18-14)13-8-11-5-3-4-6-12(11)9-16-13/h3-6,10,13,16H,7-9H2,1-2H3/t13-/m0/s1. The molecule has 4 heteroatoms. The molecule has 2 heterocycles. The van der Waals surface area contributed by atoms with E-state index < -0.39 is 0 Å². The van der Waals surface area contributed by atoms with Gasteiger partial charge in [0.05, 0.1) is 6.04 Å². The van der Waals surface area contributed by atoms with Crippen molar-refractivity contribution in [2.45, 2.75) is 39.3 Å². The lowest BCUT2D eigenvalue weighted by Crippen LogP contribution is -2.28. The molecule has 0 fully saturated rings. The van der Waals surface area contributed by atoms with Crippen LogP contribution in [0.3, 0.4) is 0 Å². The largest absolute Gasteiger partial charge is 0.338 e. The molecule has 0 unspecified atom stereocenters. The van der Waals surface area contributed by atoms with Crippen LogP contribution in [-0.2, 0) is 19.4 Å². The Kier molecular flexibility index (Phi) is 3.34. The Bertz CT molecular complexity index is 562. The van der Waals surface area contributed by atoms with Gasteiger partial charge in [-0.2, -0.15) is 4.98 Å². The molecule has 4 nitrogen and oxygen atoms in total. The number of hydrogen-bond donors (Lipinski definition) is 1. The molecule has 19 heavy (non-hydrogen) atoms. The molecular weight excluding hydrogens is 238 g/mol. The maximum Gasteiger partial charge on any atom is 0.244 e. The van der Waals surface area contributed by atoms with Crippen LogP contribution in [-0.4, -0.2) is 10.1 Å². The molecule has 1 aromatic carbocycles. The molecule has 0 saturated heterocycles. The summed E-state index contributed by atoms with van der Waals surface area (Å²) in [5.41, 5.74) is 2.73. The summed E-state index contributed by atoms with van der Waals surface area (Å²) in [5, 5.41) is 7.52. The number of aromatic nitrogens is 2. The molecule has 3 rings (SSSR count). The minimum absolute atomic E-state index is 0.142. The highest BCUT2D eigenvalue weighted by Crippen LogP contribution is 2.24. The smallest absolute Gasteiger partial charge is 0.244 e. The van der Waals surface area contributed by atoms with Gasteiger partial charge in [0, 0.05) is 13.0 Å². The van der Waals surface area contributed by atoms with Crippen LogP contribution in [0.4, 0.5) is 0 Å². The number of nitrogens with one attached hydrogen (secondary N) is 1. The van der Waals surface area contributed by atoms with Gasteiger partial charge in [-0.3, -0.25) is 0 Å². The zero-order chi connectivity index (χ0) is 13.2. The SMILES string of the molecule is CC(C)Cc1noc([C@@H]2Cc3ccccc3CN2)n1. The zero-order valence-corrected chi connectivity index (χ0v) is 11.4. The van der Waals surface area contributed by atoms with Crippen molar-refractivity contribution in [2.75, 3.05) is 0 Å². The highest BCUT2D eigenvalue weighted by Gasteiger charge is 2.24. The summed E-state index contributed by atoms with van der Waals surface area (Å²) >= 11 is 0. The zero-order valence-electron chi connectivity index (χ0n) is 11.4. The summed E-state index contributed by atoms with van der Waals surface area (Å²) in [6, 6.07) is 8.64. The van der Waals surface area contributed by atoms with Crippen LogP contribution in [0.1, 0.15) is 42.7 Å². The van der Waals surface area contributed by atoms with Crippen molar-refractivity contribution in [3.8, 4) is 0 Å². The van der Waals surface area contributed by atoms with Gasteiger partial charge in [-0.15, -0.1) is 0 Å². The lowest BCUT2D eigenvalue weighted by molar-refractivity contribution is 0.318. The summed E-state index contributed by atoms with van der Waals surface area (Å²) in [4.78, 5) is 4.51. The predicted molar refractivity (Wildman–Crippen MR) is 72.6 cm³/mol. The summed E-state index contributed by atoms with van der Waals surface area (Å²) < 4.78 is 5.40. The van der Waals surface area contributed by atoms with E-state index in [2.05, 4.69) is 53.6 Å². The van der Waals surface area contributed by atoms with Crippen molar-refractivity contribution < 1.29 is 4.52 Å². The van der Waals surface area contributed by atoms with Crippen LogP contribution in [0, 0.1) is 5.92 Å². The number of nitrogens with zero attached hydrogens (tertiary/aromatic N) is 2. The van der Waals surface area contributed by atoms with Gasteiger partial charge in [-0.05, 0) is 23.5 Å². The van der Waals surface area contributed by atoms with E-state index in [0.717, 1.165) is 25.2 Å². The molecule has 1 aromatic heterocycles. The van der Waals surface area contributed by atoms with E-state index in [1.807, 2.05) is 0 Å². The van der Waals surface area contributed by atoms with E-state index in [9.17, 15) is 0 Å². The van der Waals surface area contributed by atoms with Gasteiger partial charge in [0.25, 0.3) is 0 Å². The number of rotatable bonds is 3. The monoisotopic (exact) mass is 257 g/mol. The fourth-order valence-electron chi connectivity index (χ4n) is 2.49. The fraction of sp³-hybridized carbons (Fsp3) is 0.467. The topological polar surface area (TPSA) is 51.0 Å². The van der Waals surface area contributed by atoms with Crippen LogP contribution in [0.2, 0.25) is 0 Å². The van der Waals surface area contributed by atoms with Gasteiger partial charge in [-0.1, -0.05) is 43.3 Å². The second-order valence-corrected chi connectivity index (χ2v) is 5.55. The molecular formula is C15H19N3O. The van der Waals surface area contributed by atoms with Crippen molar-refractivity contribution in [2.24, 2.45) is 5.92 Å². The molecule has 0 amide bonds. The predicted octanol–water partition coefficient (Wildman–Crippen LogP) is 2.66. The number of hydrogen-bond acceptors (Lipinski definition) is 4. The number of fused-ring (bicyclic) bond motifs is 1. The molecule has 0 saturated carbocycles. The summed E-state index contributed by atoms with van der Waals surface area (Å²) in [7, 11) is 0. The summed E-state index contributed by atoms with van der Waals surface area (Å²) in [6.45, 7) is 5.18. The molecule has 0 spiro atoms. The third kappa shape index (κ3) is 2.68. The normalized spacial score (nSPS) is 18.6. The van der Waals surface area contributed by atoms with Crippen LogP contribution in [0.5, 0.6) is 0 Å². The van der Waals surface area contributed by atoms with Gasteiger partial charge in [0.1, 0.15) is 0 Å². The second-order valence-electron chi connectivity index (χ2n) is 5.55. The van der Waals surface area contributed by atoms with E-state index in [-0.39, 0.29) is 6.04 Å². The van der Waals surface area contributed by atoms with E-state index in [1.165, 1.54) is 11.1 Å². The van der Waals surface area contributed by atoms with Gasteiger partial charge >= 0.3 is 0 Å². The van der Waals surface area contributed by atoms with Crippen molar-refractivity contribution in [1.82, 2.24) is 15.5 Å². The first kappa shape index (κ1) is 12.4. The minimum Gasteiger partial charge on any atom is -0.338 e.